The molecule has 1 aromatic rings. The number of hydrogen-bond acceptors (Lipinski definition) is 3. The van der Waals surface area contributed by atoms with Crippen LogP contribution in [0.3, 0.4) is 0 Å². The summed E-state index contributed by atoms with van der Waals surface area (Å²) in [5.74, 6) is 5.85. The molecule has 0 aliphatic heterocycles. The minimum atomic E-state index is -0.0230. The lowest BCUT2D eigenvalue weighted by atomic mass is 10.0. The van der Waals surface area contributed by atoms with Crippen molar-refractivity contribution >= 4 is 5.91 Å². The number of benzene rings is 1. The van der Waals surface area contributed by atoms with Gasteiger partial charge in [0.25, 0.3) is 5.91 Å². The first-order valence-electron chi connectivity index (χ1n) is 7.06. The maximum absolute atomic E-state index is 12.5. The van der Waals surface area contributed by atoms with Crippen LogP contribution in [0.4, 0.5) is 0 Å². The van der Waals surface area contributed by atoms with Crippen molar-refractivity contribution in [3.8, 4) is 11.8 Å². The number of likely N-dealkylation sites (N-methyl/N-ethyl adjacent to an activating group) is 2. The lowest BCUT2D eigenvalue weighted by molar-refractivity contribution is 0.0786. The Bertz CT molecular complexity index is 541. The van der Waals surface area contributed by atoms with Crippen LogP contribution in [-0.2, 0) is 0 Å². The summed E-state index contributed by atoms with van der Waals surface area (Å²) in [4.78, 5) is 16.3. The highest BCUT2D eigenvalue weighted by Crippen LogP contribution is 2.13. The molecule has 1 N–H and O–H groups in total. The van der Waals surface area contributed by atoms with Gasteiger partial charge in [0.1, 0.15) is 0 Å². The number of hydrogen-bond donors (Lipinski definition) is 1. The molecule has 0 bridgehead atoms. The SMILES string of the molecule is Cc1ccc(C(=O)N(C)CCN(C)C)c(C#CCCO)c1. The van der Waals surface area contributed by atoms with Gasteiger partial charge in [0.05, 0.1) is 12.2 Å². The molecule has 0 saturated heterocycles. The highest BCUT2D eigenvalue weighted by molar-refractivity contribution is 5.96. The third kappa shape index (κ3) is 5.58. The van der Waals surface area contributed by atoms with Crippen molar-refractivity contribution in [3.05, 3.63) is 34.9 Å². The molecule has 0 unspecified atom stereocenters. The van der Waals surface area contributed by atoms with E-state index in [0.29, 0.717) is 18.5 Å². The molecule has 0 aliphatic carbocycles. The summed E-state index contributed by atoms with van der Waals surface area (Å²) >= 11 is 0. The Labute approximate surface area is 127 Å². The van der Waals surface area contributed by atoms with E-state index in [-0.39, 0.29) is 12.5 Å². The summed E-state index contributed by atoms with van der Waals surface area (Å²) in [5, 5.41) is 8.81. The van der Waals surface area contributed by atoms with Gasteiger partial charge >= 0.3 is 0 Å². The first kappa shape index (κ1) is 17.2. The predicted octanol–water partition coefficient (Wildman–Crippen LogP) is 1.36. The molecule has 0 heterocycles. The van der Waals surface area contributed by atoms with E-state index in [0.717, 1.165) is 17.7 Å². The number of rotatable bonds is 5. The third-order valence-electron chi connectivity index (χ3n) is 3.09. The summed E-state index contributed by atoms with van der Waals surface area (Å²) in [6, 6.07) is 5.66. The average molecular weight is 288 g/mol. The van der Waals surface area contributed by atoms with Gasteiger partial charge in [-0.1, -0.05) is 17.9 Å². The topological polar surface area (TPSA) is 43.8 Å². The summed E-state index contributed by atoms with van der Waals surface area (Å²) in [5.41, 5.74) is 2.41. The monoisotopic (exact) mass is 288 g/mol. The van der Waals surface area contributed by atoms with Gasteiger partial charge in [-0.25, -0.2) is 0 Å². The first-order valence-corrected chi connectivity index (χ1v) is 7.06. The molecule has 0 aromatic heterocycles. The second-order valence-corrected chi connectivity index (χ2v) is 5.35. The van der Waals surface area contributed by atoms with Crippen LogP contribution in [-0.4, -0.2) is 61.7 Å². The number of aryl methyl sites for hydroxylation is 1. The lowest BCUT2D eigenvalue weighted by Gasteiger charge is -2.20. The fraction of sp³-hybridized carbons (Fsp3) is 0.471. The molecule has 1 rings (SSSR count). The number of nitrogens with zero attached hydrogens (tertiary/aromatic N) is 2. The Kier molecular flexibility index (Phi) is 6.93. The van der Waals surface area contributed by atoms with Gasteiger partial charge in [-0.15, -0.1) is 0 Å². The highest BCUT2D eigenvalue weighted by atomic mass is 16.2. The highest BCUT2D eigenvalue weighted by Gasteiger charge is 2.15. The average Bonchev–Trinajstić information content (AvgIpc) is 2.44. The number of amides is 1. The molecular weight excluding hydrogens is 264 g/mol. The van der Waals surface area contributed by atoms with Crippen molar-refractivity contribution in [1.82, 2.24) is 9.80 Å². The van der Waals surface area contributed by atoms with E-state index in [1.54, 1.807) is 11.9 Å². The van der Waals surface area contributed by atoms with Gasteiger partial charge < -0.3 is 14.9 Å². The van der Waals surface area contributed by atoms with Crippen LogP contribution in [0.1, 0.15) is 27.9 Å². The Morgan fingerprint density at radius 3 is 2.57 bits per heavy atom. The minimum Gasteiger partial charge on any atom is -0.395 e. The number of carbonyl (C=O) groups excluding carboxylic acids is 1. The minimum absolute atomic E-state index is 0.0230. The third-order valence-corrected chi connectivity index (χ3v) is 3.09. The Balaban J connectivity index is 2.95. The van der Waals surface area contributed by atoms with Crippen molar-refractivity contribution in [2.75, 3.05) is 40.8 Å². The quantitative estimate of drug-likeness (QED) is 0.832. The molecule has 1 amide bonds. The summed E-state index contributed by atoms with van der Waals surface area (Å²) in [7, 11) is 5.77. The zero-order valence-corrected chi connectivity index (χ0v) is 13.3. The number of carbonyl (C=O) groups is 1. The van der Waals surface area contributed by atoms with E-state index in [4.69, 9.17) is 5.11 Å². The molecule has 0 radical (unpaired) electrons. The van der Waals surface area contributed by atoms with Crippen LogP contribution in [0.2, 0.25) is 0 Å². The number of aliphatic hydroxyl groups is 1. The van der Waals surface area contributed by atoms with Crippen LogP contribution in [0, 0.1) is 18.8 Å². The second-order valence-electron chi connectivity index (χ2n) is 5.35. The molecule has 0 saturated carbocycles. The van der Waals surface area contributed by atoms with Crippen LogP contribution in [0.25, 0.3) is 0 Å². The molecule has 0 atom stereocenters. The maximum Gasteiger partial charge on any atom is 0.254 e. The van der Waals surface area contributed by atoms with Crippen LogP contribution >= 0.6 is 0 Å². The predicted molar refractivity (Wildman–Crippen MR) is 85.3 cm³/mol. The molecule has 4 heteroatoms. The fourth-order valence-corrected chi connectivity index (χ4v) is 1.82. The Morgan fingerprint density at radius 2 is 1.95 bits per heavy atom. The summed E-state index contributed by atoms with van der Waals surface area (Å²) in [6.07, 6.45) is 0.415. The molecule has 0 spiro atoms. The Hall–Kier alpha value is -1.83. The standard InChI is InChI=1S/C17H24N2O2/c1-14-8-9-16(15(13-14)7-5-6-12-20)17(21)19(4)11-10-18(2)3/h8-9,13,20H,6,10-12H2,1-4H3. The van der Waals surface area contributed by atoms with Crippen molar-refractivity contribution < 1.29 is 9.90 Å². The van der Waals surface area contributed by atoms with Crippen molar-refractivity contribution in [1.29, 1.82) is 0 Å². The zero-order valence-electron chi connectivity index (χ0n) is 13.3. The van der Waals surface area contributed by atoms with E-state index >= 15 is 0 Å². The largest absolute Gasteiger partial charge is 0.395 e. The normalized spacial score (nSPS) is 10.2. The Morgan fingerprint density at radius 1 is 1.24 bits per heavy atom. The maximum atomic E-state index is 12.5. The van der Waals surface area contributed by atoms with Crippen molar-refractivity contribution in [3.63, 3.8) is 0 Å². The summed E-state index contributed by atoms with van der Waals surface area (Å²) < 4.78 is 0. The van der Waals surface area contributed by atoms with E-state index in [1.165, 1.54) is 0 Å². The van der Waals surface area contributed by atoms with Gasteiger partial charge in [0.15, 0.2) is 0 Å². The van der Waals surface area contributed by atoms with Crippen molar-refractivity contribution in [2.45, 2.75) is 13.3 Å². The van der Waals surface area contributed by atoms with Crippen molar-refractivity contribution in [2.24, 2.45) is 0 Å². The molecule has 0 aliphatic rings. The van der Waals surface area contributed by atoms with Gasteiger partial charge in [-0.3, -0.25) is 4.79 Å². The molecule has 21 heavy (non-hydrogen) atoms. The van der Waals surface area contributed by atoms with E-state index in [2.05, 4.69) is 11.8 Å². The second kappa shape index (κ2) is 8.46. The van der Waals surface area contributed by atoms with Gasteiger partial charge in [0.2, 0.25) is 0 Å². The first-order chi connectivity index (χ1) is 9.95. The fourth-order valence-electron chi connectivity index (χ4n) is 1.82. The lowest BCUT2D eigenvalue weighted by Crippen LogP contribution is -2.33. The molecule has 0 fully saturated rings. The molecule has 114 valence electrons. The van der Waals surface area contributed by atoms with E-state index < -0.39 is 0 Å². The van der Waals surface area contributed by atoms with E-state index in [9.17, 15) is 4.79 Å². The summed E-state index contributed by atoms with van der Waals surface area (Å²) in [6.45, 7) is 3.49. The van der Waals surface area contributed by atoms with Crippen LogP contribution in [0.5, 0.6) is 0 Å². The molecular formula is C17H24N2O2. The molecule has 1 aromatic carbocycles. The molecule has 4 nitrogen and oxygen atoms in total. The van der Waals surface area contributed by atoms with Gasteiger partial charge in [0, 0.05) is 32.1 Å². The van der Waals surface area contributed by atoms with Crippen LogP contribution in [0.15, 0.2) is 18.2 Å². The zero-order chi connectivity index (χ0) is 15.8. The van der Waals surface area contributed by atoms with Gasteiger partial charge in [-0.05, 0) is 38.7 Å². The van der Waals surface area contributed by atoms with Crippen LogP contribution < -0.4 is 0 Å². The smallest absolute Gasteiger partial charge is 0.254 e. The van der Waals surface area contributed by atoms with E-state index in [1.807, 2.05) is 44.1 Å². The number of aliphatic hydroxyl groups excluding tert-OH is 1. The van der Waals surface area contributed by atoms with Gasteiger partial charge in [-0.2, -0.15) is 0 Å².